The van der Waals surface area contributed by atoms with Gasteiger partial charge in [0.25, 0.3) is 0 Å². The van der Waals surface area contributed by atoms with Crippen molar-refractivity contribution in [3.05, 3.63) is 28.7 Å². The summed E-state index contributed by atoms with van der Waals surface area (Å²) >= 11 is 3.41. The second-order valence-electron chi connectivity index (χ2n) is 2.75. The quantitative estimate of drug-likeness (QED) is 0.743. The van der Waals surface area contributed by atoms with Gasteiger partial charge in [-0.25, -0.2) is 0 Å². The van der Waals surface area contributed by atoms with Crippen LogP contribution in [0.2, 0.25) is 0 Å². The fourth-order valence-electron chi connectivity index (χ4n) is 1.16. The molecule has 0 spiro atoms. The van der Waals surface area contributed by atoms with Crippen LogP contribution in [0.3, 0.4) is 0 Å². The predicted molar refractivity (Wildman–Crippen MR) is 57.8 cm³/mol. The van der Waals surface area contributed by atoms with Gasteiger partial charge >= 0.3 is 0 Å². The summed E-state index contributed by atoms with van der Waals surface area (Å²) in [5, 5.41) is 0. The lowest BCUT2D eigenvalue weighted by molar-refractivity contribution is -0.107. The zero-order valence-corrected chi connectivity index (χ0v) is 9.12. The van der Waals surface area contributed by atoms with Gasteiger partial charge in [-0.2, -0.15) is 0 Å². The molecule has 0 bridgehead atoms. The van der Waals surface area contributed by atoms with E-state index >= 15 is 0 Å². The fourth-order valence-corrected chi connectivity index (χ4v) is 1.67. The van der Waals surface area contributed by atoms with Gasteiger partial charge in [-0.05, 0) is 34.5 Å². The van der Waals surface area contributed by atoms with Crippen LogP contribution in [-0.2, 0) is 4.79 Å². The summed E-state index contributed by atoms with van der Waals surface area (Å²) in [7, 11) is 0. The predicted octanol–water partition coefficient (Wildman–Crippen LogP) is 2.82. The van der Waals surface area contributed by atoms with Crippen molar-refractivity contribution in [1.29, 1.82) is 0 Å². The lowest BCUT2D eigenvalue weighted by atomic mass is 10.3. The molecule has 2 nitrogen and oxygen atoms in total. The molecule has 0 saturated carbocycles. The van der Waals surface area contributed by atoms with Crippen LogP contribution in [0.4, 0.5) is 5.69 Å². The Morgan fingerprint density at radius 1 is 1.46 bits per heavy atom. The Labute approximate surface area is 86.7 Å². The molecule has 1 rings (SSSR count). The number of para-hydroxylation sites is 1. The summed E-state index contributed by atoms with van der Waals surface area (Å²) in [6.45, 7) is 2.81. The number of amides is 1. The second-order valence-corrected chi connectivity index (χ2v) is 3.60. The molecular formula is C10H12BrNO. The van der Waals surface area contributed by atoms with Crippen molar-refractivity contribution in [3.63, 3.8) is 0 Å². The van der Waals surface area contributed by atoms with Crippen molar-refractivity contribution in [2.24, 2.45) is 0 Å². The molecule has 3 heteroatoms. The first-order valence-electron chi connectivity index (χ1n) is 4.26. The van der Waals surface area contributed by atoms with Gasteiger partial charge in [-0.3, -0.25) is 4.79 Å². The Balaban J connectivity index is 2.90. The molecule has 0 unspecified atom stereocenters. The van der Waals surface area contributed by atoms with Gasteiger partial charge in [-0.15, -0.1) is 0 Å². The van der Waals surface area contributed by atoms with Crippen LogP contribution in [0, 0.1) is 0 Å². The largest absolute Gasteiger partial charge is 0.314 e. The minimum Gasteiger partial charge on any atom is -0.314 e. The monoisotopic (exact) mass is 241 g/mol. The lowest BCUT2D eigenvalue weighted by Crippen LogP contribution is -2.21. The van der Waals surface area contributed by atoms with Gasteiger partial charge in [-0.1, -0.05) is 19.1 Å². The van der Waals surface area contributed by atoms with Crippen LogP contribution < -0.4 is 4.90 Å². The highest BCUT2D eigenvalue weighted by Crippen LogP contribution is 2.24. The van der Waals surface area contributed by atoms with Crippen molar-refractivity contribution in [1.82, 2.24) is 0 Å². The first-order chi connectivity index (χ1) is 6.29. The van der Waals surface area contributed by atoms with Crippen molar-refractivity contribution in [2.45, 2.75) is 13.3 Å². The van der Waals surface area contributed by atoms with Crippen LogP contribution in [0.25, 0.3) is 0 Å². The highest BCUT2D eigenvalue weighted by molar-refractivity contribution is 9.10. The zero-order valence-electron chi connectivity index (χ0n) is 7.53. The Hall–Kier alpha value is -0.830. The number of anilines is 1. The average molecular weight is 242 g/mol. The minimum absolute atomic E-state index is 0.756. The summed E-state index contributed by atoms with van der Waals surface area (Å²) in [5.41, 5.74) is 0.930. The topological polar surface area (TPSA) is 20.3 Å². The summed E-state index contributed by atoms with van der Waals surface area (Å²) in [5.74, 6) is 0. The van der Waals surface area contributed by atoms with Gasteiger partial charge in [0.05, 0.1) is 5.69 Å². The van der Waals surface area contributed by atoms with E-state index in [1.54, 1.807) is 4.90 Å². The van der Waals surface area contributed by atoms with E-state index in [9.17, 15) is 4.79 Å². The molecule has 0 fully saturated rings. The van der Waals surface area contributed by atoms with Crippen LogP contribution in [0.1, 0.15) is 13.3 Å². The number of hydrogen-bond donors (Lipinski definition) is 0. The molecule has 0 heterocycles. The average Bonchev–Trinajstić information content (AvgIpc) is 2.16. The van der Waals surface area contributed by atoms with Crippen LogP contribution in [-0.4, -0.2) is 13.0 Å². The number of carbonyl (C=O) groups excluding carboxylic acids is 1. The van der Waals surface area contributed by atoms with E-state index in [1.165, 1.54) is 0 Å². The maximum absolute atomic E-state index is 10.8. The summed E-state index contributed by atoms with van der Waals surface area (Å²) in [6.07, 6.45) is 1.82. The molecule has 0 aromatic heterocycles. The molecule has 0 radical (unpaired) electrons. The van der Waals surface area contributed by atoms with Crippen LogP contribution in [0.15, 0.2) is 28.7 Å². The lowest BCUT2D eigenvalue weighted by Gasteiger charge is -2.17. The molecule has 0 saturated heterocycles. The molecule has 1 aromatic carbocycles. The molecule has 13 heavy (non-hydrogen) atoms. The molecule has 1 amide bonds. The standard InChI is InChI=1S/C10H12BrNO/c1-2-7-12(8-13)10-6-4-3-5-9(10)11/h3-6,8H,2,7H2,1H3. The van der Waals surface area contributed by atoms with Crippen molar-refractivity contribution in [3.8, 4) is 0 Å². The number of nitrogens with zero attached hydrogens (tertiary/aromatic N) is 1. The number of hydrogen-bond acceptors (Lipinski definition) is 1. The third-order valence-corrected chi connectivity index (χ3v) is 2.42. The Bertz CT molecular complexity index is 288. The molecule has 70 valence electrons. The van der Waals surface area contributed by atoms with E-state index in [0.29, 0.717) is 0 Å². The van der Waals surface area contributed by atoms with E-state index in [1.807, 2.05) is 31.2 Å². The van der Waals surface area contributed by atoms with E-state index in [2.05, 4.69) is 15.9 Å². The summed E-state index contributed by atoms with van der Waals surface area (Å²) in [6, 6.07) is 7.71. The number of benzene rings is 1. The van der Waals surface area contributed by atoms with E-state index in [-0.39, 0.29) is 0 Å². The van der Waals surface area contributed by atoms with Crippen molar-refractivity contribution in [2.75, 3.05) is 11.4 Å². The minimum atomic E-state index is 0.756. The maximum Gasteiger partial charge on any atom is 0.214 e. The van der Waals surface area contributed by atoms with Gasteiger partial charge < -0.3 is 4.90 Å². The van der Waals surface area contributed by atoms with Gasteiger partial charge in [0.15, 0.2) is 0 Å². The first-order valence-corrected chi connectivity index (χ1v) is 5.05. The van der Waals surface area contributed by atoms with E-state index in [0.717, 1.165) is 29.5 Å². The normalized spacial score (nSPS) is 9.69. The number of rotatable bonds is 4. The molecule has 1 aromatic rings. The third-order valence-electron chi connectivity index (χ3n) is 1.75. The van der Waals surface area contributed by atoms with E-state index in [4.69, 9.17) is 0 Å². The molecule has 0 aliphatic heterocycles. The Morgan fingerprint density at radius 3 is 2.69 bits per heavy atom. The summed E-state index contributed by atoms with van der Waals surface area (Å²) < 4.78 is 0.954. The van der Waals surface area contributed by atoms with Gasteiger partial charge in [0.2, 0.25) is 6.41 Å². The number of halogens is 1. The smallest absolute Gasteiger partial charge is 0.214 e. The molecule has 0 atom stereocenters. The SMILES string of the molecule is CCCN(C=O)c1ccccc1Br. The van der Waals surface area contributed by atoms with Crippen LogP contribution >= 0.6 is 15.9 Å². The van der Waals surface area contributed by atoms with E-state index < -0.39 is 0 Å². The molecule has 0 aliphatic carbocycles. The number of carbonyl (C=O) groups is 1. The van der Waals surface area contributed by atoms with Gasteiger partial charge in [0, 0.05) is 11.0 Å². The van der Waals surface area contributed by atoms with Crippen molar-refractivity contribution >= 4 is 28.0 Å². The fraction of sp³-hybridized carbons (Fsp3) is 0.300. The molecule has 0 aliphatic rings. The van der Waals surface area contributed by atoms with Crippen LogP contribution in [0.5, 0.6) is 0 Å². The second kappa shape index (κ2) is 5.02. The zero-order chi connectivity index (χ0) is 9.68. The maximum atomic E-state index is 10.8. The molecule has 0 N–H and O–H groups in total. The Kier molecular flexibility index (Phi) is 3.96. The highest BCUT2D eigenvalue weighted by Gasteiger charge is 2.06. The van der Waals surface area contributed by atoms with Gasteiger partial charge in [0.1, 0.15) is 0 Å². The van der Waals surface area contributed by atoms with Crippen molar-refractivity contribution < 1.29 is 4.79 Å². The first kappa shape index (κ1) is 10.3. The molecular weight excluding hydrogens is 230 g/mol. The third kappa shape index (κ3) is 2.56. The highest BCUT2D eigenvalue weighted by atomic mass is 79.9. The Morgan fingerprint density at radius 2 is 2.15 bits per heavy atom. The summed E-state index contributed by atoms with van der Waals surface area (Å²) in [4.78, 5) is 12.5.